The minimum absolute atomic E-state index is 0.105. The van der Waals surface area contributed by atoms with Crippen molar-refractivity contribution in [2.24, 2.45) is 0 Å². The summed E-state index contributed by atoms with van der Waals surface area (Å²) < 4.78 is 35.1. The van der Waals surface area contributed by atoms with Crippen molar-refractivity contribution in [3.05, 3.63) is 47.0 Å². The Bertz CT molecular complexity index is 899. The van der Waals surface area contributed by atoms with Crippen LogP contribution < -0.4 is 19.5 Å². The molecule has 2 aromatic rings. The number of carbonyl (C=O) groups is 1. The third kappa shape index (κ3) is 5.01. The highest BCUT2D eigenvalue weighted by molar-refractivity contribution is 7.92. The van der Waals surface area contributed by atoms with Crippen molar-refractivity contribution in [2.75, 3.05) is 30.5 Å². The predicted octanol–water partition coefficient (Wildman–Crippen LogP) is 2.98. The first kappa shape index (κ1) is 18.9. The third-order valence-electron chi connectivity index (χ3n) is 3.17. The van der Waals surface area contributed by atoms with Crippen LogP contribution in [0, 0.1) is 0 Å². The van der Waals surface area contributed by atoms with Gasteiger partial charge in [0.15, 0.2) is 0 Å². The van der Waals surface area contributed by atoms with E-state index >= 15 is 0 Å². The average Bonchev–Trinajstić information content (AvgIpc) is 2.53. The standard InChI is InChI=1S/C16H17ClN2O5S/c1-23-11-5-7-15(24-2)14(9-11)18-16(20)12-6-4-10(8-13(12)17)19-25(3,21)22/h4-9,19H,1-3H3,(H,18,20). The summed E-state index contributed by atoms with van der Waals surface area (Å²) in [6.07, 6.45) is 1.02. The van der Waals surface area contributed by atoms with Gasteiger partial charge in [0.25, 0.3) is 5.91 Å². The average molecular weight is 385 g/mol. The lowest BCUT2D eigenvalue weighted by Crippen LogP contribution is -2.14. The zero-order valence-corrected chi connectivity index (χ0v) is 15.4. The number of rotatable bonds is 6. The van der Waals surface area contributed by atoms with Crippen LogP contribution in [-0.4, -0.2) is 34.8 Å². The second kappa shape index (κ2) is 7.62. The highest BCUT2D eigenvalue weighted by Crippen LogP contribution is 2.30. The van der Waals surface area contributed by atoms with Crippen LogP contribution in [0.3, 0.4) is 0 Å². The van der Waals surface area contributed by atoms with Crippen molar-refractivity contribution < 1.29 is 22.7 Å². The van der Waals surface area contributed by atoms with Gasteiger partial charge in [0.2, 0.25) is 10.0 Å². The highest BCUT2D eigenvalue weighted by Gasteiger charge is 2.15. The first-order valence-corrected chi connectivity index (χ1v) is 9.31. The maximum absolute atomic E-state index is 12.5. The minimum Gasteiger partial charge on any atom is -0.497 e. The molecule has 0 fully saturated rings. The smallest absolute Gasteiger partial charge is 0.257 e. The van der Waals surface area contributed by atoms with Crippen LogP contribution in [0.5, 0.6) is 11.5 Å². The van der Waals surface area contributed by atoms with Crippen LogP contribution >= 0.6 is 11.6 Å². The number of hydrogen-bond acceptors (Lipinski definition) is 5. The van der Waals surface area contributed by atoms with E-state index in [0.717, 1.165) is 6.26 Å². The van der Waals surface area contributed by atoms with Crippen LogP contribution in [0.25, 0.3) is 0 Å². The second-order valence-corrected chi connectivity index (χ2v) is 7.24. The van der Waals surface area contributed by atoms with E-state index in [9.17, 15) is 13.2 Å². The van der Waals surface area contributed by atoms with Gasteiger partial charge < -0.3 is 14.8 Å². The summed E-state index contributed by atoms with van der Waals surface area (Å²) in [4.78, 5) is 12.5. The summed E-state index contributed by atoms with van der Waals surface area (Å²) in [7, 11) is -0.438. The number of sulfonamides is 1. The van der Waals surface area contributed by atoms with Gasteiger partial charge in [0.05, 0.1) is 36.7 Å². The molecule has 0 unspecified atom stereocenters. The molecule has 2 N–H and O–H groups in total. The fourth-order valence-corrected chi connectivity index (χ4v) is 2.90. The van der Waals surface area contributed by atoms with Crippen LogP contribution in [0.1, 0.15) is 10.4 Å². The van der Waals surface area contributed by atoms with Gasteiger partial charge in [-0.25, -0.2) is 8.42 Å². The molecule has 0 radical (unpaired) electrons. The molecule has 0 heterocycles. The fourth-order valence-electron chi connectivity index (χ4n) is 2.08. The molecule has 25 heavy (non-hydrogen) atoms. The van der Waals surface area contributed by atoms with Crippen LogP contribution in [0.4, 0.5) is 11.4 Å². The lowest BCUT2D eigenvalue weighted by atomic mass is 10.2. The number of hydrogen-bond donors (Lipinski definition) is 2. The van der Waals surface area contributed by atoms with Crippen LogP contribution in [0.2, 0.25) is 5.02 Å². The van der Waals surface area contributed by atoms with Gasteiger partial charge >= 0.3 is 0 Å². The van der Waals surface area contributed by atoms with E-state index < -0.39 is 15.9 Å². The van der Waals surface area contributed by atoms with Crippen molar-refractivity contribution in [2.45, 2.75) is 0 Å². The van der Waals surface area contributed by atoms with Crippen molar-refractivity contribution in [1.82, 2.24) is 0 Å². The van der Waals surface area contributed by atoms with Gasteiger partial charge in [-0.1, -0.05) is 11.6 Å². The zero-order chi connectivity index (χ0) is 18.6. The zero-order valence-electron chi connectivity index (χ0n) is 13.8. The molecule has 0 spiro atoms. The molecular weight excluding hydrogens is 368 g/mol. The summed E-state index contributed by atoms with van der Waals surface area (Å²) in [6.45, 7) is 0. The third-order valence-corrected chi connectivity index (χ3v) is 4.09. The molecule has 0 aliphatic carbocycles. The number of ether oxygens (including phenoxy) is 2. The molecule has 2 rings (SSSR count). The molecule has 1 amide bonds. The van der Waals surface area contributed by atoms with Crippen LogP contribution in [0.15, 0.2) is 36.4 Å². The lowest BCUT2D eigenvalue weighted by molar-refractivity contribution is 0.102. The van der Waals surface area contributed by atoms with Crippen molar-refractivity contribution in [3.63, 3.8) is 0 Å². The Hall–Kier alpha value is -2.45. The number of anilines is 2. The summed E-state index contributed by atoms with van der Waals surface area (Å²) in [5.41, 5.74) is 0.870. The topological polar surface area (TPSA) is 93.7 Å². The van der Waals surface area contributed by atoms with Crippen molar-refractivity contribution in [3.8, 4) is 11.5 Å². The molecule has 0 saturated carbocycles. The normalized spacial score (nSPS) is 10.9. The number of benzene rings is 2. The molecule has 134 valence electrons. The van der Waals surface area contributed by atoms with E-state index in [1.165, 1.54) is 32.4 Å². The SMILES string of the molecule is COc1ccc(OC)c(NC(=O)c2ccc(NS(C)(=O)=O)cc2Cl)c1. The number of carbonyl (C=O) groups excluding carboxylic acids is 1. The van der Waals surface area contributed by atoms with E-state index in [0.29, 0.717) is 17.2 Å². The summed E-state index contributed by atoms with van der Waals surface area (Å²) in [5, 5.41) is 2.80. The van der Waals surface area contributed by atoms with E-state index in [1.807, 2.05) is 0 Å². The van der Waals surface area contributed by atoms with Crippen molar-refractivity contribution >= 4 is 38.9 Å². The maximum Gasteiger partial charge on any atom is 0.257 e. The lowest BCUT2D eigenvalue weighted by Gasteiger charge is -2.13. The molecule has 0 atom stereocenters. The summed E-state index contributed by atoms with van der Waals surface area (Å²) in [5.74, 6) is 0.540. The van der Waals surface area contributed by atoms with Gasteiger partial charge in [-0.05, 0) is 30.3 Å². The number of amides is 1. The monoisotopic (exact) mass is 384 g/mol. The number of halogens is 1. The Labute approximate surface area is 151 Å². The van der Waals surface area contributed by atoms with Gasteiger partial charge in [-0.3, -0.25) is 9.52 Å². The van der Waals surface area contributed by atoms with E-state index in [-0.39, 0.29) is 16.3 Å². The Balaban J connectivity index is 2.27. The number of methoxy groups -OCH3 is 2. The fraction of sp³-hybridized carbons (Fsp3) is 0.188. The molecular formula is C16H17ClN2O5S. The second-order valence-electron chi connectivity index (χ2n) is 5.09. The van der Waals surface area contributed by atoms with Crippen LogP contribution in [-0.2, 0) is 10.0 Å². The predicted molar refractivity (Wildman–Crippen MR) is 97.4 cm³/mol. The Morgan fingerprint density at radius 3 is 2.36 bits per heavy atom. The van der Waals surface area contributed by atoms with Gasteiger partial charge in [0, 0.05) is 11.8 Å². The van der Waals surface area contributed by atoms with Gasteiger partial charge in [-0.15, -0.1) is 0 Å². The maximum atomic E-state index is 12.5. The first-order chi connectivity index (χ1) is 11.7. The Kier molecular flexibility index (Phi) is 5.76. The largest absolute Gasteiger partial charge is 0.497 e. The minimum atomic E-state index is -3.43. The Morgan fingerprint density at radius 2 is 1.80 bits per heavy atom. The molecule has 0 bridgehead atoms. The summed E-state index contributed by atoms with van der Waals surface area (Å²) in [6, 6.07) is 9.22. The quantitative estimate of drug-likeness (QED) is 0.798. The molecule has 9 heteroatoms. The molecule has 2 aromatic carbocycles. The first-order valence-electron chi connectivity index (χ1n) is 7.04. The Morgan fingerprint density at radius 1 is 1.08 bits per heavy atom. The van der Waals surface area contributed by atoms with Crippen molar-refractivity contribution in [1.29, 1.82) is 0 Å². The van der Waals surface area contributed by atoms with Gasteiger partial charge in [-0.2, -0.15) is 0 Å². The summed E-state index contributed by atoms with van der Waals surface area (Å²) >= 11 is 6.10. The van der Waals surface area contributed by atoms with E-state index in [2.05, 4.69) is 10.0 Å². The van der Waals surface area contributed by atoms with E-state index in [1.54, 1.807) is 18.2 Å². The molecule has 0 aromatic heterocycles. The molecule has 7 nitrogen and oxygen atoms in total. The van der Waals surface area contributed by atoms with E-state index in [4.69, 9.17) is 21.1 Å². The molecule has 0 aliphatic heterocycles. The van der Waals surface area contributed by atoms with Gasteiger partial charge in [0.1, 0.15) is 11.5 Å². The molecule has 0 aliphatic rings. The molecule has 0 saturated heterocycles. The highest BCUT2D eigenvalue weighted by atomic mass is 35.5. The number of nitrogens with one attached hydrogen (secondary N) is 2.